The Morgan fingerprint density at radius 1 is 1.14 bits per heavy atom. The van der Waals surface area contributed by atoms with E-state index in [1.807, 2.05) is 24.3 Å². The number of nitrogens with zero attached hydrogens (tertiary/aromatic N) is 2. The molecule has 0 bridgehead atoms. The van der Waals surface area contributed by atoms with Crippen molar-refractivity contribution in [2.24, 2.45) is 5.92 Å². The van der Waals surface area contributed by atoms with Gasteiger partial charge in [0.25, 0.3) is 0 Å². The summed E-state index contributed by atoms with van der Waals surface area (Å²) in [5.74, 6) is -0.0518. The van der Waals surface area contributed by atoms with Gasteiger partial charge >= 0.3 is 0 Å². The van der Waals surface area contributed by atoms with Crippen molar-refractivity contribution >= 4 is 28.9 Å². The van der Waals surface area contributed by atoms with Crippen molar-refractivity contribution in [2.75, 3.05) is 34.8 Å². The number of anilines is 3. The fourth-order valence-corrected chi connectivity index (χ4v) is 3.57. The Bertz CT molecular complexity index is 845. The number of benzene rings is 2. The Labute approximate surface area is 171 Å². The summed E-state index contributed by atoms with van der Waals surface area (Å²) in [6.45, 7) is 6.01. The topological polar surface area (TPSA) is 52.7 Å². The molecule has 0 spiro atoms. The summed E-state index contributed by atoms with van der Waals surface area (Å²) in [4.78, 5) is 28.0. The smallest absolute Gasteiger partial charge is 0.226 e. The third kappa shape index (κ3) is 5.79. The van der Waals surface area contributed by atoms with Gasteiger partial charge in [0, 0.05) is 50.0 Å². The van der Waals surface area contributed by atoms with Gasteiger partial charge in [0.2, 0.25) is 11.8 Å². The molecule has 1 saturated heterocycles. The number of piperidine rings is 1. The van der Waals surface area contributed by atoms with Gasteiger partial charge in [0.1, 0.15) is 5.82 Å². The first-order valence-corrected chi connectivity index (χ1v) is 10.1. The third-order valence-electron chi connectivity index (χ3n) is 5.36. The van der Waals surface area contributed by atoms with Gasteiger partial charge in [-0.25, -0.2) is 4.39 Å². The highest BCUT2D eigenvalue weighted by Crippen LogP contribution is 2.24. The Hall–Kier alpha value is -2.89. The molecule has 1 aliphatic rings. The van der Waals surface area contributed by atoms with Crippen LogP contribution >= 0.6 is 0 Å². The van der Waals surface area contributed by atoms with Crippen LogP contribution in [0.15, 0.2) is 48.5 Å². The van der Waals surface area contributed by atoms with Crippen LogP contribution in [0.3, 0.4) is 0 Å². The summed E-state index contributed by atoms with van der Waals surface area (Å²) in [5.41, 5.74) is 2.35. The molecular weight excluding hydrogens is 369 g/mol. The largest absolute Gasteiger partial charge is 0.372 e. The molecule has 0 aliphatic carbocycles. The molecule has 1 heterocycles. The number of hydrogen-bond donors (Lipinski definition) is 1. The van der Waals surface area contributed by atoms with E-state index in [-0.39, 0.29) is 24.8 Å². The molecule has 1 fully saturated rings. The van der Waals surface area contributed by atoms with Gasteiger partial charge in [-0.05, 0) is 61.2 Å². The van der Waals surface area contributed by atoms with E-state index < -0.39 is 5.82 Å². The first-order valence-electron chi connectivity index (χ1n) is 10.1. The number of carbonyl (C=O) groups is 2. The second-order valence-corrected chi connectivity index (χ2v) is 7.67. The van der Waals surface area contributed by atoms with Crippen LogP contribution in [0.5, 0.6) is 0 Å². The molecule has 29 heavy (non-hydrogen) atoms. The zero-order chi connectivity index (χ0) is 20.8. The van der Waals surface area contributed by atoms with E-state index in [2.05, 4.69) is 17.1 Å². The number of hydrogen-bond acceptors (Lipinski definition) is 3. The number of carbonyl (C=O) groups excluding carboxylic acids is 2. The molecule has 6 heteroatoms. The molecule has 0 aromatic heterocycles. The van der Waals surface area contributed by atoms with Crippen LogP contribution in [0.1, 0.15) is 33.1 Å². The van der Waals surface area contributed by atoms with E-state index >= 15 is 0 Å². The van der Waals surface area contributed by atoms with Crippen molar-refractivity contribution in [1.29, 1.82) is 0 Å². The van der Waals surface area contributed by atoms with Crippen LogP contribution in [0.4, 0.5) is 21.5 Å². The molecule has 3 rings (SSSR count). The zero-order valence-electron chi connectivity index (χ0n) is 17.0. The standard InChI is InChI=1S/C23H28FN3O2/c1-17-10-13-26(14-11-17)21-8-6-20(7-9-21)25-23(29)12-15-27(18(2)28)22-5-3-4-19(24)16-22/h3-9,16-17H,10-15H2,1-2H3,(H,25,29). The van der Waals surface area contributed by atoms with Crippen molar-refractivity contribution in [1.82, 2.24) is 0 Å². The number of halogens is 1. The fourth-order valence-electron chi connectivity index (χ4n) is 3.57. The first-order chi connectivity index (χ1) is 13.9. The molecular formula is C23H28FN3O2. The Balaban J connectivity index is 1.54. The van der Waals surface area contributed by atoms with Crippen molar-refractivity contribution in [3.63, 3.8) is 0 Å². The van der Waals surface area contributed by atoms with Gasteiger partial charge in [-0.15, -0.1) is 0 Å². The van der Waals surface area contributed by atoms with E-state index in [9.17, 15) is 14.0 Å². The van der Waals surface area contributed by atoms with Crippen LogP contribution in [-0.4, -0.2) is 31.4 Å². The van der Waals surface area contributed by atoms with Gasteiger partial charge in [-0.2, -0.15) is 0 Å². The fraction of sp³-hybridized carbons (Fsp3) is 0.391. The van der Waals surface area contributed by atoms with Gasteiger partial charge in [-0.3, -0.25) is 9.59 Å². The van der Waals surface area contributed by atoms with E-state index in [1.165, 1.54) is 42.5 Å². The molecule has 2 amide bonds. The highest BCUT2D eigenvalue weighted by atomic mass is 19.1. The lowest BCUT2D eigenvalue weighted by molar-refractivity contribution is -0.117. The Morgan fingerprint density at radius 3 is 2.45 bits per heavy atom. The van der Waals surface area contributed by atoms with Gasteiger partial charge < -0.3 is 15.1 Å². The predicted molar refractivity (Wildman–Crippen MR) is 115 cm³/mol. The maximum Gasteiger partial charge on any atom is 0.226 e. The zero-order valence-corrected chi connectivity index (χ0v) is 17.0. The van der Waals surface area contributed by atoms with Crippen LogP contribution in [0, 0.1) is 11.7 Å². The lowest BCUT2D eigenvalue weighted by Crippen LogP contribution is -2.32. The number of nitrogens with one attached hydrogen (secondary N) is 1. The summed E-state index contributed by atoms with van der Waals surface area (Å²) in [6.07, 6.45) is 2.54. The van der Waals surface area contributed by atoms with Crippen LogP contribution in [0.2, 0.25) is 0 Å². The summed E-state index contributed by atoms with van der Waals surface area (Å²) < 4.78 is 13.4. The quantitative estimate of drug-likeness (QED) is 0.784. The van der Waals surface area contributed by atoms with Crippen LogP contribution < -0.4 is 15.1 Å². The van der Waals surface area contributed by atoms with E-state index in [4.69, 9.17) is 0 Å². The van der Waals surface area contributed by atoms with Crippen LogP contribution in [0.25, 0.3) is 0 Å². The minimum absolute atomic E-state index is 0.127. The average Bonchev–Trinajstić information content (AvgIpc) is 2.69. The molecule has 0 saturated carbocycles. The summed E-state index contributed by atoms with van der Waals surface area (Å²) >= 11 is 0. The third-order valence-corrected chi connectivity index (χ3v) is 5.36. The molecule has 2 aromatic carbocycles. The molecule has 0 unspecified atom stereocenters. The van der Waals surface area contributed by atoms with E-state index in [1.54, 1.807) is 12.1 Å². The highest BCUT2D eigenvalue weighted by Gasteiger charge is 2.17. The van der Waals surface area contributed by atoms with Gasteiger partial charge in [-0.1, -0.05) is 13.0 Å². The van der Waals surface area contributed by atoms with Crippen molar-refractivity contribution in [3.8, 4) is 0 Å². The monoisotopic (exact) mass is 397 g/mol. The molecule has 0 radical (unpaired) electrons. The van der Waals surface area contributed by atoms with E-state index in [0.717, 1.165) is 24.7 Å². The van der Waals surface area contributed by atoms with Crippen molar-refractivity contribution in [2.45, 2.75) is 33.1 Å². The lowest BCUT2D eigenvalue weighted by atomic mass is 9.99. The van der Waals surface area contributed by atoms with Crippen molar-refractivity contribution in [3.05, 3.63) is 54.3 Å². The van der Waals surface area contributed by atoms with Gasteiger partial charge in [0.15, 0.2) is 0 Å². The minimum Gasteiger partial charge on any atom is -0.372 e. The molecule has 1 aliphatic heterocycles. The SMILES string of the molecule is CC(=O)N(CCC(=O)Nc1ccc(N2CCC(C)CC2)cc1)c1cccc(F)c1. The van der Waals surface area contributed by atoms with Crippen LogP contribution in [-0.2, 0) is 9.59 Å². The highest BCUT2D eigenvalue weighted by molar-refractivity contribution is 5.94. The summed E-state index contributed by atoms with van der Waals surface area (Å²) in [6, 6.07) is 13.7. The average molecular weight is 397 g/mol. The van der Waals surface area contributed by atoms with Gasteiger partial charge in [0.05, 0.1) is 0 Å². The predicted octanol–water partition coefficient (Wildman–Crippen LogP) is 4.44. The normalized spacial score (nSPS) is 14.5. The first kappa shape index (κ1) is 20.8. The number of rotatable bonds is 6. The molecule has 2 aromatic rings. The second kappa shape index (κ2) is 9.54. The van der Waals surface area contributed by atoms with E-state index in [0.29, 0.717) is 5.69 Å². The molecule has 154 valence electrons. The summed E-state index contributed by atoms with van der Waals surface area (Å²) in [5, 5.41) is 2.87. The molecule has 5 nitrogen and oxygen atoms in total. The molecule has 0 atom stereocenters. The Kier molecular flexibility index (Phi) is 6.86. The summed E-state index contributed by atoms with van der Waals surface area (Å²) in [7, 11) is 0. The second-order valence-electron chi connectivity index (χ2n) is 7.67. The lowest BCUT2D eigenvalue weighted by Gasteiger charge is -2.32. The minimum atomic E-state index is -0.415. The maximum absolute atomic E-state index is 13.4. The Morgan fingerprint density at radius 2 is 1.83 bits per heavy atom. The maximum atomic E-state index is 13.4. The number of amides is 2. The van der Waals surface area contributed by atoms with Crippen molar-refractivity contribution < 1.29 is 14.0 Å². The molecule has 1 N–H and O–H groups in total.